The minimum atomic E-state index is 0.0554. The van der Waals surface area contributed by atoms with Crippen molar-refractivity contribution in [2.24, 2.45) is 5.92 Å². The monoisotopic (exact) mass is 432 g/mol. The number of nitrogens with zero attached hydrogens (tertiary/aromatic N) is 2. The van der Waals surface area contributed by atoms with E-state index in [1.807, 2.05) is 35.2 Å². The van der Waals surface area contributed by atoms with E-state index < -0.39 is 0 Å². The van der Waals surface area contributed by atoms with Crippen LogP contribution in [0.1, 0.15) is 55.6 Å². The Morgan fingerprint density at radius 3 is 2.41 bits per heavy atom. The molecule has 0 N–H and O–H groups in total. The minimum Gasteiger partial charge on any atom is -0.493 e. The van der Waals surface area contributed by atoms with Crippen LogP contribution in [0.2, 0.25) is 0 Å². The summed E-state index contributed by atoms with van der Waals surface area (Å²) in [5, 5.41) is 0. The van der Waals surface area contributed by atoms with Crippen LogP contribution in [0.3, 0.4) is 0 Å². The largest absolute Gasteiger partial charge is 0.493 e. The van der Waals surface area contributed by atoms with Crippen LogP contribution in [0.4, 0.5) is 0 Å². The predicted octanol–water partition coefficient (Wildman–Crippen LogP) is 4.37. The van der Waals surface area contributed by atoms with Gasteiger partial charge in [-0.3, -0.25) is 9.59 Å². The lowest BCUT2D eigenvalue weighted by molar-refractivity contribution is -0.139. The first-order valence-electron chi connectivity index (χ1n) is 12.0. The molecule has 3 fully saturated rings. The molecule has 2 aromatic carbocycles. The van der Waals surface area contributed by atoms with Gasteiger partial charge in [-0.15, -0.1) is 0 Å². The molecule has 0 radical (unpaired) electrons. The van der Waals surface area contributed by atoms with Gasteiger partial charge in [0.05, 0.1) is 13.2 Å². The maximum absolute atomic E-state index is 13.2. The van der Waals surface area contributed by atoms with Gasteiger partial charge >= 0.3 is 0 Å². The van der Waals surface area contributed by atoms with E-state index in [0.717, 1.165) is 30.8 Å². The van der Waals surface area contributed by atoms with Crippen molar-refractivity contribution in [3.63, 3.8) is 0 Å². The molecular formula is C27H32N2O3. The van der Waals surface area contributed by atoms with E-state index in [2.05, 4.69) is 24.3 Å². The number of hydrogen-bond acceptors (Lipinski definition) is 3. The molecule has 0 bridgehead atoms. The lowest BCUT2D eigenvalue weighted by atomic mass is 9.86. The Kier molecular flexibility index (Phi) is 6.15. The fourth-order valence-electron chi connectivity index (χ4n) is 4.70. The third kappa shape index (κ3) is 4.98. The molecule has 1 heterocycles. The highest BCUT2D eigenvalue weighted by Crippen LogP contribution is 2.31. The summed E-state index contributed by atoms with van der Waals surface area (Å²) in [4.78, 5) is 29.4. The number of rotatable bonds is 9. The highest BCUT2D eigenvalue weighted by atomic mass is 16.5. The second-order valence-corrected chi connectivity index (χ2v) is 9.59. The molecule has 1 unspecified atom stereocenters. The summed E-state index contributed by atoms with van der Waals surface area (Å²) in [7, 11) is 0. The predicted molar refractivity (Wildman–Crippen MR) is 123 cm³/mol. The maximum atomic E-state index is 13.2. The molecule has 2 aromatic rings. The molecule has 2 aliphatic carbocycles. The minimum absolute atomic E-state index is 0.0554. The SMILES string of the molecule is O=C1CC(c2ccccc2)CN1CC(=O)N(Cc1ccc(OCC2CCC2)cc1)C1CC1. The Bertz CT molecular complexity index is 935. The van der Waals surface area contributed by atoms with Crippen molar-refractivity contribution in [1.29, 1.82) is 0 Å². The van der Waals surface area contributed by atoms with Crippen molar-refractivity contribution in [3.8, 4) is 5.75 Å². The summed E-state index contributed by atoms with van der Waals surface area (Å²) in [6, 6.07) is 18.6. The fourth-order valence-corrected chi connectivity index (χ4v) is 4.70. The van der Waals surface area contributed by atoms with Crippen molar-refractivity contribution < 1.29 is 14.3 Å². The molecule has 1 atom stereocenters. The summed E-state index contributed by atoms with van der Waals surface area (Å²) in [5.41, 5.74) is 2.28. The average molecular weight is 433 g/mol. The Labute approximate surface area is 190 Å². The van der Waals surface area contributed by atoms with Gasteiger partial charge in [0.2, 0.25) is 11.8 Å². The smallest absolute Gasteiger partial charge is 0.242 e. The number of carbonyl (C=O) groups excluding carboxylic acids is 2. The third-order valence-corrected chi connectivity index (χ3v) is 7.11. The van der Waals surface area contributed by atoms with Crippen LogP contribution in [0, 0.1) is 5.92 Å². The van der Waals surface area contributed by atoms with Gasteiger partial charge in [0.25, 0.3) is 0 Å². The molecule has 5 rings (SSSR count). The Hall–Kier alpha value is -2.82. The Morgan fingerprint density at radius 2 is 1.75 bits per heavy atom. The molecule has 3 aliphatic rings. The molecule has 5 heteroatoms. The maximum Gasteiger partial charge on any atom is 0.242 e. The molecule has 2 amide bonds. The highest BCUT2D eigenvalue weighted by Gasteiger charge is 2.36. The number of ether oxygens (including phenoxy) is 1. The van der Waals surface area contributed by atoms with Crippen LogP contribution in [-0.4, -0.2) is 47.4 Å². The second kappa shape index (κ2) is 9.35. The van der Waals surface area contributed by atoms with Crippen LogP contribution >= 0.6 is 0 Å². The molecule has 1 saturated heterocycles. The van der Waals surface area contributed by atoms with Gasteiger partial charge in [0.1, 0.15) is 5.75 Å². The van der Waals surface area contributed by atoms with E-state index in [9.17, 15) is 9.59 Å². The first-order chi connectivity index (χ1) is 15.7. The zero-order valence-corrected chi connectivity index (χ0v) is 18.6. The van der Waals surface area contributed by atoms with Gasteiger partial charge in [-0.25, -0.2) is 0 Å². The summed E-state index contributed by atoms with van der Waals surface area (Å²) in [6.07, 6.45) is 6.48. The summed E-state index contributed by atoms with van der Waals surface area (Å²) in [6.45, 7) is 2.21. The number of hydrogen-bond donors (Lipinski definition) is 0. The van der Waals surface area contributed by atoms with E-state index in [1.54, 1.807) is 4.90 Å². The van der Waals surface area contributed by atoms with Gasteiger partial charge in [-0.05, 0) is 54.9 Å². The summed E-state index contributed by atoms with van der Waals surface area (Å²) in [5.74, 6) is 1.93. The Morgan fingerprint density at radius 1 is 1.00 bits per heavy atom. The average Bonchev–Trinajstić information content (AvgIpc) is 3.55. The van der Waals surface area contributed by atoms with E-state index in [0.29, 0.717) is 31.5 Å². The van der Waals surface area contributed by atoms with Gasteiger partial charge in [-0.2, -0.15) is 0 Å². The number of amides is 2. The van der Waals surface area contributed by atoms with Crippen LogP contribution in [0.25, 0.3) is 0 Å². The molecule has 168 valence electrons. The van der Waals surface area contributed by atoms with Crippen molar-refractivity contribution >= 4 is 11.8 Å². The van der Waals surface area contributed by atoms with E-state index in [1.165, 1.54) is 24.8 Å². The van der Waals surface area contributed by atoms with Crippen molar-refractivity contribution in [1.82, 2.24) is 9.80 Å². The van der Waals surface area contributed by atoms with E-state index in [4.69, 9.17) is 4.74 Å². The van der Waals surface area contributed by atoms with E-state index >= 15 is 0 Å². The first-order valence-corrected chi connectivity index (χ1v) is 12.0. The summed E-state index contributed by atoms with van der Waals surface area (Å²) >= 11 is 0. The Balaban J connectivity index is 1.17. The zero-order valence-electron chi connectivity index (χ0n) is 18.6. The molecule has 0 aromatic heterocycles. The highest BCUT2D eigenvalue weighted by molar-refractivity contribution is 5.87. The standard InChI is InChI=1S/C27H32N2O3/c30-26-15-23(22-7-2-1-3-8-22)17-28(26)18-27(31)29(24-11-12-24)16-20-9-13-25(14-10-20)32-19-21-5-4-6-21/h1-3,7-10,13-14,21,23-24H,4-6,11-12,15-19H2. The van der Waals surface area contributed by atoms with Crippen molar-refractivity contribution in [2.75, 3.05) is 19.7 Å². The second-order valence-electron chi connectivity index (χ2n) is 9.59. The van der Waals surface area contributed by atoms with Gasteiger partial charge in [-0.1, -0.05) is 48.9 Å². The molecule has 2 saturated carbocycles. The molecular weight excluding hydrogens is 400 g/mol. The molecule has 0 spiro atoms. The number of benzene rings is 2. The summed E-state index contributed by atoms with van der Waals surface area (Å²) < 4.78 is 5.90. The zero-order chi connectivity index (χ0) is 21.9. The van der Waals surface area contributed by atoms with Crippen LogP contribution < -0.4 is 4.74 Å². The van der Waals surface area contributed by atoms with Crippen LogP contribution in [-0.2, 0) is 16.1 Å². The molecule has 1 aliphatic heterocycles. The number of carbonyl (C=O) groups is 2. The lowest BCUT2D eigenvalue weighted by Crippen LogP contribution is -2.41. The number of likely N-dealkylation sites (tertiary alicyclic amines) is 1. The fraction of sp³-hybridized carbons (Fsp3) is 0.481. The van der Waals surface area contributed by atoms with Crippen molar-refractivity contribution in [2.45, 2.75) is 57.0 Å². The van der Waals surface area contributed by atoms with Crippen LogP contribution in [0.15, 0.2) is 54.6 Å². The quantitative estimate of drug-likeness (QED) is 0.591. The van der Waals surface area contributed by atoms with Gasteiger partial charge in [0, 0.05) is 31.5 Å². The third-order valence-electron chi connectivity index (χ3n) is 7.11. The van der Waals surface area contributed by atoms with Crippen molar-refractivity contribution in [3.05, 3.63) is 65.7 Å². The topological polar surface area (TPSA) is 49.9 Å². The first kappa shape index (κ1) is 21.0. The lowest BCUT2D eigenvalue weighted by Gasteiger charge is -2.26. The van der Waals surface area contributed by atoms with Crippen LogP contribution in [0.5, 0.6) is 5.75 Å². The van der Waals surface area contributed by atoms with Gasteiger partial charge < -0.3 is 14.5 Å². The van der Waals surface area contributed by atoms with E-state index in [-0.39, 0.29) is 24.3 Å². The normalized spacial score (nSPS) is 20.8. The molecule has 32 heavy (non-hydrogen) atoms. The molecule has 5 nitrogen and oxygen atoms in total. The van der Waals surface area contributed by atoms with Gasteiger partial charge in [0.15, 0.2) is 0 Å².